The number of allylic oxidation sites excluding steroid dienone is 2. The second-order valence-electron chi connectivity index (χ2n) is 12.5. The first-order valence-corrected chi connectivity index (χ1v) is 15.2. The summed E-state index contributed by atoms with van der Waals surface area (Å²) in [5.41, 5.74) is -0.0306. The summed E-state index contributed by atoms with van der Waals surface area (Å²) < 4.78 is 9.39. The summed E-state index contributed by atoms with van der Waals surface area (Å²) >= 11 is 0. The number of benzene rings is 1. The maximum Gasteiger partial charge on any atom is 0.407 e. The predicted molar refractivity (Wildman–Crippen MR) is 173 cm³/mol. The van der Waals surface area contributed by atoms with Gasteiger partial charge in [0.05, 0.1) is 12.2 Å². The van der Waals surface area contributed by atoms with E-state index in [1.165, 1.54) is 11.6 Å². The van der Waals surface area contributed by atoms with E-state index in [1.54, 1.807) is 56.5 Å². The number of fused-ring (bicyclic) bond motifs is 1. The Morgan fingerprint density at radius 1 is 1.11 bits per heavy atom. The first-order chi connectivity index (χ1) is 21.2. The summed E-state index contributed by atoms with van der Waals surface area (Å²) in [6.45, 7) is 11.9. The normalized spacial score (nSPS) is 15.1. The molecule has 0 aliphatic carbocycles. The van der Waals surface area contributed by atoms with Crippen molar-refractivity contribution in [2.45, 2.75) is 85.5 Å². The number of amides is 2. The van der Waals surface area contributed by atoms with Crippen molar-refractivity contribution in [1.29, 1.82) is 0 Å². The zero-order valence-electron chi connectivity index (χ0n) is 27.1. The van der Waals surface area contributed by atoms with Gasteiger partial charge in [0.2, 0.25) is 11.9 Å². The molecule has 1 saturated heterocycles. The molecule has 13 nitrogen and oxygen atoms in total. The Morgan fingerprint density at radius 2 is 1.82 bits per heavy atom. The SMILES string of the molecule is CCC(=O)Nc1ccccc1C(=O)Cn1c(=O)c2c(nc(N3CCCC(NC(=O)OC(C)(C)C)C3)n2CC=C(C)C)n(C)c1=O. The predicted octanol–water partition coefficient (Wildman–Crippen LogP) is 3.59. The van der Waals surface area contributed by atoms with Crippen LogP contribution in [0.4, 0.5) is 16.4 Å². The summed E-state index contributed by atoms with van der Waals surface area (Å²) in [6.07, 6.45) is 3.19. The van der Waals surface area contributed by atoms with Crippen molar-refractivity contribution in [1.82, 2.24) is 24.0 Å². The second-order valence-corrected chi connectivity index (χ2v) is 12.5. The molecule has 2 aromatic heterocycles. The van der Waals surface area contributed by atoms with Crippen LogP contribution in [0.25, 0.3) is 11.2 Å². The van der Waals surface area contributed by atoms with E-state index in [1.807, 2.05) is 24.8 Å². The van der Waals surface area contributed by atoms with Crippen molar-refractivity contribution in [3.8, 4) is 0 Å². The van der Waals surface area contributed by atoms with Crippen LogP contribution in [0.1, 0.15) is 71.2 Å². The number of Topliss-reactive ketones (excluding diaryl/α,β-unsaturated/α-hetero) is 1. The van der Waals surface area contributed by atoms with Crippen LogP contribution in [-0.2, 0) is 29.7 Å². The molecule has 4 rings (SSSR count). The molecule has 13 heteroatoms. The average Bonchev–Trinajstić information content (AvgIpc) is 3.36. The van der Waals surface area contributed by atoms with Crippen molar-refractivity contribution >= 4 is 40.6 Å². The lowest BCUT2D eigenvalue weighted by Gasteiger charge is -2.34. The fourth-order valence-electron chi connectivity index (χ4n) is 5.24. The molecule has 2 N–H and O–H groups in total. The molecule has 242 valence electrons. The van der Waals surface area contributed by atoms with Crippen LogP contribution >= 0.6 is 0 Å². The molecule has 2 amide bonds. The number of piperidine rings is 1. The largest absolute Gasteiger partial charge is 0.444 e. The number of rotatable bonds is 9. The summed E-state index contributed by atoms with van der Waals surface area (Å²) in [5.74, 6) is -0.271. The van der Waals surface area contributed by atoms with Gasteiger partial charge in [0.1, 0.15) is 5.60 Å². The van der Waals surface area contributed by atoms with Crippen molar-refractivity contribution in [2.75, 3.05) is 23.3 Å². The minimum atomic E-state index is -0.683. The van der Waals surface area contributed by atoms with Crippen LogP contribution in [0.5, 0.6) is 0 Å². The Bertz CT molecular complexity index is 1750. The van der Waals surface area contributed by atoms with Crippen molar-refractivity contribution in [2.24, 2.45) is 7.05 Å². The molecule has 1 unspecified atom stereocenters. The zero-order chi connectivity index (χ0) is 33.1. The molecular weight excluding hydrogens is 578 g/mol. The smallest absolute Gasteiger partial charge is 0.407 e. The molecule has 1 fully saturated rings. The number of anilines is 2. The van der Waals surface area contributed by atoms with Gasteiger partial charge < -0.3 is 24.8 Å². The number of nitrogens with one attached hydrogen (secondary N) is 2. The Hall–Kier alpha value is -4.68. The maximum absolute atomic E-state index is 14.0. The van der Waals surface area contributed by atoms with Gasteiger partial charge in [0, 0.05) is 44.7 Å². The number of carbonyl (C=O) groups excluding carboxylic acids is 3. The second kappa shape index (κ2) is 13.5. The highest BCUT2D eigenvalue weighted by molar-refractivity contribution is 6.04. The lowest BCUT2D eigenvalue weighted by atomic mass is 10.1. The number of imidazole rings is 1. The van der Waals surface area contributed by atoms with Crippen LogP contribution in [0.3, 0.4) is 0 Å². The fraction of sp³-hybridized carbons (Fsp3) is 0.500. The highest BCUT2D eigenvalue weighted by Gasteiger charge is 2.29. The maximum atomic E-state index is 14.0. The molecule has 0 spiro atoms. The molecular formula is C32H43N7O6. The van der Waals surface area contributed by atoms with Crippen LogP contribution in [0.2, 0.25) is 0 Å². The molecule has 0 radical (unpaired) electrons. The first kappa shape index (κ1) is 33.2. The van der Waals surface area contributed by atoms with Crippen molar-refractivity contribution in [3.63, 3.8) is 0 Å². The molecule has 0 saturated carbocycles. The molecule has 1 atom stereocenters. The Balaban J connectivity index is 1.75. The number of aryl methyl sites for hydroxylation is 1. The number of carbonyl (C=O) groups is 3. The highest BCUT2D eigenvalue weighted by atomic mass is 16.6. The highest BCUT2D eigenvalue weighted by Crippen LogP contribution is 2.24. The van der Waals surface area contributed by atoms with Crippen molar-refractivity contribution in [3.05, 3.63) is 62.3 Å². The molecule has 0 bridgehead atoms. The van der Waals surface area contributed by atoms with Gasteiger partial charge in [-0.05, 0) is 59.6 Å². The van der Waals surface area contributed by atoms with E-state index in [0.29, 0.717) is 31.3 Å². The van der Waals surface area contributed by atoms with Gasteiger partial charge >= 0.3 is 11.8 Å². The van der Waals surface area contributed by atoms with Gasteiger partial charge in [0.15, 0.2) is 16.9 Å². The minimum Gasteiger partial charge on any atom is -0.444 e. The number of para-hydroxylation sites is 1. The molecule has 1 aromatic carbocycles. The van der Waals surface area contributed by atoms with E-state index in [4.69, 9.17) is 9.72 Å². The molecule has 3 heterocycles. The molecule has 45 heavy (non-hydrogen) atoms. The quantitative estimate of drug-likeness (QED) is 0.272. The average molecular weight is 622 g/mol. The lowest BCUT2D eigenvalue weighted by molar-refractivity contribution is -0.115. The molecule has 1 aliphatic heterocycles. The van der Waals surface area contributed by atoms with Crippen LogP contribution in [0.15, 0.2) is 45.5 Å². The minimum absolute atomic E-state index is 0.187. The fourth-order valence-corrected chi connectivity index (χ4v) is 5.24. The summed E-state index contributed by atoms with van der Waals surface area (Å²) in [5, 5.41) is 5.65. The Kier molecular flexibility index (Phi) is 9.99. The summed E-state index contributed by atoms with van der Waals surface area (Å²) in [6, 6.07) is 6.29. The van der Waals surface area contributed by atoms with E-state index in [-0.39, 0.29) is 35.1 Å². The van der Waals surface area contributed by atoms with Gasteiger partial charge in [0.25, 0.3) is 5.56 Å². The molecule has 3 aromatic rings. The van der Waals surface area contributed by atoms with E-state index in [9.17, 15) is 24.0 Å². The monoisotopic (exact) mass is 621 g/mol. The zero-order valence-corrected chi connectivity index (χ0v) is 27.1. The van der Waals surface area contributed by atoms with Gasteiger partial charge in [-0.1, -0.05) is 30.7 Å². The van der Waals surface area contributed by atoms with Gasteiger partial charge in [-0.3, -0.25) is 23.5 Å². The summed E-state index contributed by atoms with van der Waals surface area (Å²) in [4.78, 5) is 72.3. The number of hydrogen-bond donors (Lipinski definition) is 2. The van der Waals surface area contributed by atoms with Gasteiger partial charge in [-0.25, -0.2) is 9.59 Å². The number of alkyl carbamates (subject to hydrolysis) is 1. The third kappa shape index (κ3) is 7.70. The van der Waals surface area contributed by atoms with Crippen LogP contribution in [-0.4, -0.2) is 61.2 Å². The van der Waals surface area contributed by atoms with Gasteiger partial charge in [-0.15, -0.1) is 0 Å². The Morgan fingerprint density at radius 3 is 2.49 bits per heavy atom. The van der Waals surface area contributed by atoms with Crippen LogP contribution in [0, 0.1) is 0 Å². The number of aromatic nitrogens is 4. The van der Waals surface area contributed by atoms with E-state index >= 15 is 0 Å². The van der Waals surface area contributed by atoms with Crippen molar-refractivity contribution < 1.29 is 19.1 Å². The third-order valence-corrected chi connectivity index (χ3v) is 7.44. The van der Waals surface area contributed by atoms with E-state index in [2.05, 4.69) is 10.6 Å². The van der Waals surface area contributed by atoms with Gasteiger partial charge in [-0.2, -0.15) is 4.98 Å². The van der Waals surface area contributed by atoms with Crippen LogP contribution < -0.4 is 26.8 Å². The Labute approximate surface area is 261 Å². The van der Waals surface area contributed by atoms with E-state index < -0.39 is 35.3 Å². The standard InChI is InChI=1S/C32H43N7O6/c1-8-25(41)34-23-14-10-9-13-22(23)24(40)19-39-28(42)26-27(36(7)31(39)44)35-29(38(26)17-15-20(2)3)37-16-11-12-21(18-37)33-30(43)45-32(4,5)6/h9-10,13-15,21H,8,11-12,16-19H2,1-7H3,(H,33,43)(H,34,41). The number of hydrogen-bond acceptors (Lipinski definition) is 8. The van der Waals surface area contributed by atoms with E-state index in [0.717, 1.165) is 23.0 Å². The topological polar surface area (TPSA) is 150 Å². The lowest BCUT2D eigenvalue weighted by Crippen LogP contribution is -2.49. The summed E-state index contributed by atoms with van der Waals surface area (Å²) in [7, 11) is 1.52. The number of ether oxygens (including phenoxy) is 1. The number of nitrogens with zero attached hydrogens (tertiary/aromatic N) is 5. The molecule has 1 aliphatic rings. The number of ketones is 1. The first-order valence-electron chi connectivity index (χ1n) is 15.2. The third-order valence-electron chi connectivity index (χ3n) is 7.44.